The number of hydrogen-bond donors (Lipinski definition) is 0. The Balaban J connectivity index is 2.87. The van der Waals surface area contributed by atoms with Crippen LogP contribution in [0.15, 0.2) is 18.2 Å². The third-order valence-corrected chi connectivity index (χ3v) is 2.41. The van der Waals surface area contributed by atoms with Crippen molar-refractivity contribution in [3.05, 3.63) is 29.3 Å². The van der Waals surface area contributed by atoms with Crippen molar-refractivity contribution in [3.8, 4) is 5.75 Å². The van der Waals surface area contributed by atoms with Gasteiger partial charge >= 0.3 is 6.61 Å². The lowest BCUT2D eigenvalue weighted by atomic mass is 10.0. The first-order valence-electron chi connectivity index (χ1n) is 4.74. The number of aryl methyl sites for hydroxylation is 1. The predicted octanol–water partition coefficient (Wildman–Crippen LogP) is 3.77. The summed E-state index contributed by atoms with van der Waals surface area (Å²) in [6.45, 7) is -0.899. The second kappa shape index (κ2) is 5.91. The number of halogens is 3. The van der Waals surface area contributed by atoms with Crippen molar-refractivity contribution in [2.45, 2.75) is 26.4 Å². The van der Waals surface area contributed by atoms with E-state index in [-0.39, 0.29) is 5.75 Å². The van der Waals surface area contributed by atoms with Crippen molar-refractivity contribution in [1.29, 1.82) is 0 Å². The molecule has 0 heterocycles. The zero-order chi connectivity index (χ0) is 11.3. The Labute approximate surface area is 93.0 Å². The van der Waals surface area contributed by atoms with Gasteiger partial charge in [0, 0.05) is 5.88 Å². The largest absolute Gasteiger partial charge is 0.435 e. The summed E-state index contributed by atoms with van der Waals surface area (Å²) in [4.78, 5) is 0. The van der Waals surface area contributed by atoms with E-state index in [1.165, 1.54) is 0 Å². The normalized spacial score (nSPS) is 10.7. The molecule has 0 aliphatic rings. The molecule has 1 rings (SSSR count). The number of rotatable bonds is 5. The van der Waals surface area contributed by atoms with Gasteiger partial charge in [0.15, 0.2) is 0 Å². The topological polar surface area (TPSA) is 9.23 Å². The molecule has 0 saturated heterocycles. The Bertz CT molecular complexity index is 315. The van der Waals surface area contributed by atoms with Crippen molar-refractivity contribution in [2.24, 2.45) is 0 Å². The van der Waals surface area contributed by atoms with Gasteiger partial charge in [-0.2, -0.15) is 8.78 Å². The monoisotopic (exact) mass is 234 g/mol. The molecule has 0 spiro atoms. The van der Waals surface area contributed by atoms with E-state index >= 15 is 0 Å². The van der Waals surface area contributed by atoms with E-state index in [9.17, 15) is 8.78 Å². The standard InChI is InChI=1S/C11H13ClF2O/c1-8-4-2-6-10(15-11(13)14)9(8)5-3-7-12/h2,4,6,11H,3,5,7H2,1H3. The van der Waals surface area contributed by atoms with Crippen LogP contribution in [0.25, 0.3) is 0 Å². The molecule has 84 valence electrons. The van der Waals surface area contributed by atoms with Crippen LogP contribution in [0.5, 0.6) is 5.75 Å². The van der Waals surface area contributed by atoms with Gasteiger partial charge in [0.1, 0.15) is 5.75 Å². The van der Waals surface area contributed by atoms with Crippen molar-refractivity contribution in [1.82, 2.24) is 0 Å². The quantitative estimate of drug-likeness (QED) is 0.705. The Hall–Kier alpha value is -0.830. The Morgan fingerprint density at radius 3 is 2.73 bits per heavy atom. The van der Waals surface area contributed by atoms with Crippen molar-refractivity contribution in [3.63, 3.8) is 0 Å². The van der Waals surface area contributed by atoms with Gasteiger partial charge in [-0.15, -0.1) is 11.6 Å². The minimum Gasteiger partial charge on any atom is -0.435 e. The first-order valence-corrected chi connectivity index (χ1v) is 5.28. The highest BCUT2D eigenvalue weighted by molar-refractivity contribution is 6.17. The molecule has 0 amide bonds. The minimum absolute atomic E-state index is 0.259. The van der Waals surface area contributed by atoms with Gasteiger partial charge in [0.25, 0.3) is 0 Å². The van der Waals surface area contributed by atoms with E-state index in [1.54, 1.807) is 12.1 Å². The molecule has 1 nitrogen and oxygen atoms in total. The maximum absolute atomic E-state index is 12.1. The van der Waals surface area contributed by atoms with Gasteiger partial charge in [-0.05, 0) is 37.0 Å². The molecule has 0 N–H and O–H groups in total. The van der Waals surface area contributed by atoms with Crippen molar-refractivity contribution >= 4 is 11.6 Å². The Kier molecular flexibility index (Phi) is 4.82. The van der Waals surface area contributed by atoms with E-state index in [4.69, 9.17) is 11.6 Å². The van der Waals surface area contributed by atoms with E-state index in [0.717, 1.165) is 17.5 Å². The van der Waals surface area contributed by atoms with Crippen molar-refractivity contribution in [2.75, 3.05) is 5.88 Å². The molecular formula is C11H13ClF2O. The highest BCUT2D eigenvalue weighted by atomic mass is 35.5. The van der Waals surface area contributed by atoms with Crippen LogP contribution in [-0.4, -0.2) is 12.5 Å². The second-order valence-electron chi connectivity index (χ2n) is 3.22. The summed E-state index contributed by atoms with van der Waals surface area (Å²) in [6, 6.07) is 5.14. The molecule has 0 atom stereocenters. The molecule has 1 aromatic rings. The summed E-state index contributed by atoms with van der Waals surface area (Å²) < 4.78 is 28.7. The molecule has 0 radical (unpaired) electrons. The van der Waals surface area contributed by atoms with Gasteiger partial charge in [0.05, 0.1) is 0 Å². The molecule has 4 heteroatoms. The van der Waals surface area contributed by atoms with E-state index in [1.807, 2.05) is 13.0 Å². The van der Waals surface area contributed by atoms with Crippen LogP contribution in [0.4, 0.5) is 8.78 Å². The third-order valence-electron chi connectivity index (χ3n) is 2.14. The predicted molar refractivity (Wildman–Crippen MR) is 56.9 cm³/mol. The molecule has 0 aliphatic carbocycles. The summed E-state index contributed by atoms with van der Waals surface area (Å²) in [7, 11) is 0. The van der Waals surface area contributed by atoms with Gasteiger partial charge in [0.2, 0.25) is 0 Å². The molecule has 0 saturated carbocycles. The number of hydrogen-bond acceptors (Lipinski definition) is 1. The van der Waals surface area contributed by atoms with Crippen LogP contribution in [0, 0.1) is 6.92 Å². The average molecular weight is 235 g/mol. The summed E-state index contributed by atoms with van der Waals surface area (Å²) >= 11 is 5.57. The zero-order valence-corrected chi connectivity index (χ0v) is 9.23. The fraction of sp³-hybridized carbons (Fsp3) is 0.455. The van der Waals surface area contributed by atoms with Gasteiger partial charge in [-0.25, -0.2) is 0 Å². The summed E-state index contributed by atoms with van der Waals surface area (Å²) in [5, 5.41) is 0. The number of benzene rings is 1. The van der Waals surface area contributed by atoms with Gasteiger partial charge < -0.3 is 4.74 Å². The van der Waals surface area contributed by atoms with Crippen molar-refractivity contribution < 1.29 is 13.5 Å². The summed E-state index contributed by atoms with van der Waals surface area (Å²) in [5.41, 5.74) is 1.77. The Morgan fingerprint density at radius 1 is 1.40 bits per heavy atom. The maximum atomic E-state index is 12.1. The molecule has 0 fully saturated rings. The first kappa shape index (κ1) is 12.2. The molecule has 0 aliphatic heterocycles. The fourth-order valence-corrected chi connectivity index (χ4v) is 1.58. The number of alkyl halides is 3. The summed E-state index contributed by atoms with van der Waals surface area (Å²) in [5.74, 6) is 0.776. The maximum Gasteiger partial charge on any atom is 0.387 e. The molecule has 0 bridgehead atoms. The average Bonchev–Trinajstić information content (AvgIpc) is 2.16. The molecule has 0 aromatic heterocycles. The van der Waals surface area contributed by atoms with Crippen LogP contribution in [-0.2, 0) is 6.42 Å². The zero-order valence-electron chi connectivity index (χ0n) is 8.47. The SMILES string of the molecule is Cc1cccc(OC(F)F)c1CCCCl. The Morgan fingerprint density at radius 2 is 2.13 bits per heavy atom. The van der Waals surface area contributed by atoms with Gasteiger partial charge in [-0.1, -0.05) is 12.1 Å². The summed E-state index contributed by atoms with van der Waals surface area (Å²) in [6.07, 6.45) is 1.42. The van der Waals surface area contributed by atoms with Crippen LogP contribution in [0.3, 0.4) is 0 Å². The molecule has 1 aromatic carbocycles. The highest BCUT2D eigenvalue weighted by Gasteiger charge is 2.10. The van der Waals surface area contributed by atoms with E-state index in [0.29, 0.717) is 12.3 Å². The first-order chi connectivity index (χ1) is 7.15. The second-order valence-corrected chi connectivity index (χ2v) is 3.60. The number of ether oxygens (including phenoxy) is 1. The third kappa shape index (κ3) is 3.67. The molecule has 0 unspecified atom stereocenters. The van der Waals surface area contributed by atoms with E-state index < -0.39 is 6.61 Å². The lowest BCUT2D eigenvalue weighted by Gasteiger charge is -2.12. The van der Waals surface area contributed by atoms with Gasteiger partial charge in [-0.3, -0.25) is 0 Å². The lowest BCUT2D eigenvalue weighted by Crippen LogP contribution is -2.05. The van der Waals surface area contributed by atoms with Crippen LogP contribution in [0.2, 0.25) is 0 Å². The fourth-order valence-electron chi connectivity index (χ4n) is 1.45. The van der Waals surface area contributed by atoms with Crippen LogP contribution in [0.1, 0.15) is 17.5 Å². The highest BCUT2D eigenvalue weighted by Crippen LogP contribution is 2.25. The van der Waals surface area contributed by atoms with Crippen LogP contribution < -0.4 is 4.74 Å². The lowest BCUT2D eigenvalue weighted by molar-refractivity contribution is -0.0504. The molecule has 15 heavy (non-hydrogen) atoms. The van der Waals surface area contributed by atoms with Crippen LogP contribution >= 0.6 is 11.6 Å². The minimum atomic E-state index is -2.78. The molecular weight excluding hydrogens is 222 g/mol. The van der Waals surface area contributed by atoms with E-state index in [2.05, 4.69) is 4.74 Å². The smallest absolute Gasteiger partial charge is 0.387 e.